The molecular formula is C81H138O17P2. The molecule has 0 aliphatic heterocycles. The summed E-state index contributed by atoms with van der Waals surface area (Å²) in [5.41, 5.74) is 0. The average molecular weight is 1450 g/mol. The molecule has 0 heterocycles. The molecule has 0 radical (unpaired) electrons. The molecule has 0 aromatic rings. The van der Waals surface area contributed by atoms with Crippen LogP contribution in [-0.2, 0) is 65.4 Å². The summed E-state index contributed by atoms with van der Waals surface area (Å²) in [5, 5.41) is 10.6. The third-order valence-corrected chi connectivity index (χ3v) is 17.8. The van der Waals surface area contributed by atoms with Crippen LogP contribution in [0.4, 0.5) is 0 Å². The van der Waals surface area contributed by atoms with E-state index in [9.17, 15) is 43.2 Å². The number of unbranched alkanes of at least 4 members (excludes halogenated alkanes) is 27. The molecule has 5 unspecified atom stereocenters. The number of aliphatic hydroxyl groups excluding tert-OH is 1. The third kappa shape index (κ3) is 71.8. The summed E-state index contributed by atoms with van der Waals surface area (Å²) in [6.45, 7) is 4.55. The maximum atomic E-state index is 13.1. The van der Waals surface area contributed by atoms with E-state index in [1.165, 1.54) is 77.0 Å². The number of phosphoric ester groups is 2. The number of carbonyl (C=O) groups excluding carboxylic acids is 4. The van der Waals surface area contributed by atoms with E-state index in [4.69, 9.17) is 37.0 Å². The van der Waals surface area contributed by atoms with E-state index < -0.39 is 97.5 Å². The Morgan fingerprint density at radius 3 is 0.920 bits per heavy atom. The normalized spacial score (nSPS) is 14.6. The van der Waals surface area contributed by atoms with Crippen LogP contribution >= 0.6 is 15.6 Å². The van der Waals surface area contributed by atoms with Crippen LogP contribution < -0.4 is 0 Å². The van der Waals surface area contributed by atoms with Crippen LogP contribution in [-0.4, -0.2) is 96.7 Å². The van der Waals surface area contributed by atoms with Gasteiger partial charge in [0.25, 0.3) is 0 Å². The van der Waals surface area contributed by atoms with Crippen molar-refractivity contribution in [3.05, 3.63) is 122 Å². The Morgan fingerprint density at radius 2 is 0.560 bits per heavy atom. The van der Waals surface area contributed by atoms with Gasteiger partial charge in [-0.2, -0.15) is 0 Å². The fourth-order valence-corrected chi connectivity index (χ4v) is 11.6. The molecule has 0 saturated carbocycles. The van der Waals surface area contributed by atoms with Crippen molar-refractivity contribution in [2.45, 2.75) is 329 Å². The van der Waals surface area contributed by atoms with Crippen LogP contribution in [0.2, 0.25) is 0 Å². The minimum atomic E-state index is -5.00. The van der Waals surface area contributed by atoms with E-state index >= 15 is 0 Å². The SMILES string of the molecule is CC/C=C\C/C=C\C/C=C\C/C=C\C/C=C\CC(=O)OCC(COP(=O)(O)OCC(O)COP(=O)(O)OCC(COC(=O)CCCCCCC/C=C\C/C=C\CCCCC)OC(=O)CCCCCCC/C=C\C/C=C\CCCCC)OC(=O)CCCCCCC/C=C\CCCCCCCC. The molecule has 19 heteroatoms. The van der Waals surface area contributed by atoms with Crippen LogP contribution in [0.15, 0.2) is 122 Å². The van der Waals surface area contributed by atoms with E-state index in [0.717, 1.165) is 154 Å². The van der Waals surface area contributed by atoms with E-state index in [1.807, 2.05) is 18.2 Å². The molecule has 0 aromatic carbocycles. The molecule has 0 bridgehead atoms. The summed E-state index contributed by atoms with van der Waals surface area (Å²) in [5.74, 6) is -2.36. The highest BCUT2D eigenvalue weighted by molar-refractivity contribution is 7.47. The maximum Gasteiger partial charge on any atom is 0.472 e. The Morgan fingerprint density at radius 1 is 0.300 bits per heavy atom. The Kier molecular flexibility index (Phi) is 69.5. The lowest BCUT2D eigenvalue weighted by Gasteiger charge is -2.21. The predicted molar refractivity (Wildman–Crippen MR) is 408 cm³/mol. The highest BCUT2D eigenvalue weighted by Crippen LogP contribution is 2.45. The van der Waals surface area contributed by atoms with Gasteiger partial charge in [0.05, 0.1) is 32.8 Å². The van der Waals surface area contributed by atoms with Gasteiger partial charge in [-0.1, -0.05) is 265 Å². The molecule has 0 aromatic heterocycles. The Hall–Kier alpha value is -4.54. The number of allylic oxidation sites excluding steroid dienone is 19. The summed E-state index contributed by atoms with van der Waals surface area (Å²) in [6.07, 6.45) is 79.2. The van der Waals surface area contributed by atoms with Crippen LogP contribution in [0, 0.1) is 0 Å². The second-order valence-corrected chi connectivity index (χ2v) is 28.5. The molecule has 5 atom stereocenters. The van der Waals surface area contributed by atoms with Gasteiger partial charge in [-0.05, 0) is 141 Å². The van der Waals surface area contributed by atoms with Crippen molar-refractivity contribution in [1.82, 2.24) is 0 Å². The topological polar surface area (TPSA) is 237 Å². The van der Waals surface area contributed by atoms with Gasteiger partial charge >= 0.3 is 39.5 Å². The number of phosphoric acid groups is 2. The number of esters is 4. The maximum absolute atomic E-state index is 13.1. The van der Waals surface area contributed by atoms with Gasteiger partial charge in [-0.3, -0.25) is 37.3 Å². The van der Waals surface area contributed by atoms with E-state index in [-0.39, 0.29) is 25.7 Å². The lowest BCUT2D eigenvalue weighted by molar-refractivity contribution is -0.161. The predicted octanol–water partition coefficient (Wildman–Crippen LogP) is 22.3. The minimum Gasteiger partial charge on any atom is -0.462 e. The second-order valence-electron chi connectivity index (χ2n) is 25.6. The first-order chi connectivity index (χ1) is 48.7. The fraction of sp³-hybridized carbons (Fsp3) is 0.704. The molecule has 0 amide bonds. The summed E-state index contributed by atoms with van der Waals surface area (Å²) >= 11 is 0. The Bertz CT molecular complexity index is 2370. The smallest absolute Gasteiger partial charge is 0.462 e. The number of hydrogen-bond donors (Lipinski definition) is 3. The summed E-state index contributed by atoms with van der Waals surface area (Å²) in [6, 6.07) is 0. The van der Waals surface area contributed by atoms with Gasteiger partial charge in [0.15, 0.2) is 12.2 Å². The van der Waals surface area contributed by atoms with Crippen molar-refractivity contribution < 1.29 is 80.2 Å². The first-order valence-corrected chi connectivity index (χ1v) is 41.8. The number of aliphatic hydroxyl groups is 1. The molecule has 0 fully saturated rings. The summed E-state index contributed by atoms with van der Waals surface area (Å²) in [4.78, 5) is 72.8. The number of ether oxygens (including phenoxy) is 4. The largest absolute Gasteiger partial charge is 0.472 e. The van der Waals surface area contributed by atoms with Crippen LogP contribution in [0.3, 0.4) is 0 Å². The van der Waals surface area contributed by atoms with Crippen molar-refractivity contribution >= 4 is 39.5 Å². The molecule has 0 spiro atoms. The Labute approximate surface area is 606 Å². The third-order valence-electron chi connectivity index (χ3n) is 15.9. The molecule has 17 nitrogen and oxygen atoms in total. The standard InChI is InChI=1S/C81H138O17P2/c1-5-9-13-17-21-25-29-33-37-41-45-49-53-57-61-65-78(83)91-71-76(97-80(85)67-63-59-55-51-47-43-39-35-31-27-23-19-15-11-7-3)73-95-99(87,88)93-69-75(82)70-94-100(89,90)96-74-77(98-81(86)68-64-60-56-52-48-44-40-36-32-28-24-20-16-12-8-4)72-92-79(84)66-62-58-54-50-46-42-38-34-30-26-22-18-14-10-6-2/h9,13,21-22,24-26,28,33-40,45,49,57,61,75-77,82H,5-8,10-12,14-20,23,27,29-32,41-44,46-48,50-56,58-60,62-74H2,1-4H3,(H,87,88)(H,89,90)/b13-9-,25-21-,26-22-,28-24-,37-33-,38-34-,39-35-,40-36-,49-45-,61-57-. The minimum absolute atomic E-state index is 0.0635. The lowest BCUT2D eigenvalue weighted by atomic mass is 10.1. The van der Waals surface area contributed by atoms with Crippen molar-refractivity contribution in [1.29, 1.82) is 0 Å². The zero-order valence-corrected chi connectivity index (χ0v) is 64.4. The van der Waals surface area contributed by atoms with Crippen LogP contribution in [0.25, 0.3) is 0 Å². The fourth-order valence-electron chi connectivity index (χ4n) is 9.99. The van der Waals surface area contributed by atoms with Gasteiger partial charge in [0.1, 0.15) is 19.3 Å². The van der Waals surface area contributed by atoms with Crippen molar-refractivity contribution in [2.75, 3.05) is 39.6 Å². The number of hydrogen-bond acceptors (Lipinski definition) is 15. The quantitative estimate of drug-likeness (QED) is 0.0169. The molecule has 0 aliphatic rings. The zero-order valence-electron chi connectivity index (χ0n) is 62.6. The molecule has 574 valence electrons. The van der Waals surface area contributed by atoms with Gasteiger partial charge in [0, 0.05) is 19.3 Å². The van der Waals surface area contributed by atoms with E-state index in [2.05, 4.69) is 125 Å². The van der Waals surface area contributed by atoms with Crippen molar-refractivity contribution in [2.24, 2.45) is 0 Å². The highest BCUT2D eigenvalue weighted by Gasteiger charge is 2.30. The molecule has 0 saturated heterocycles. The molecular weight excluding hydrogens is 1310 g/mol. The van der Waals surface area contributed by atoms with Gasteiger partial charge in [-0.15, -0.1) is 0 Å². The van der Waals surface area contributed by atoms with Crippen molar-refractivity contribution in [3.8, 4) is 0 Å². The number of carbonyl (C=O) groups is 4. The van der Waals surface area contributed by atoms with Gasteiger partial charge < -0.3 is 33.8 Å². The van der Waals surface area contributed by atoms with Crippen LogP contribution in [0.1, 0.15) is 310 Å². The first kappa shape index (κ1) is 95.5. The molecule has 0 rings (SSSR count). The van der Waals surface area contributed by atoms with Crippen molar-refractivity contribution in [3.63, 3.8) is 0 Å². The summed E-state index contributed by atoms with van der Waals surface area (Å²) in [7, 11) is -9.99. The Balaban J connectivity index is 5.45. The van der Waals surface area contributed by atoms with E-state index in [0.29, 0.717) is 25.7 Å². The molecule has 3 N–H and O–H groups in total. The average Bonchev–Trinajstić information content (AvgIpc) is 1.01. The molecule has 100 heavy (non-hydrogen) atoms. The monoisotopic (exact) mass is 1440 g/mol. The van der Waals surface area contributed by atoms with Crippen LogP contribution in [0.5, 0.6) is 0 Å². The number of rotatable bonds is 72. The zero-order chi connectivity index (χ0) is 73.2. The van der Waals surface area contributed by atoms with E-state index in [1.54, 1.807) is 6.08 Å². The summed E-state index contributed by atoms with van der Waals surface area (Å²) < 4.78 is 68.4. The molecule has 0 aliphatic carbocycles. The first-order valence-electron chi connectivity index (χ1n) is 38.8. The van der Waals surface area contributed by atoms with Gasteiger partial charge in [-0.25, -0.2) is 9.13 Å². The lowest BCUT2D eigenvalue weighted by Crippen LogP contribution is -2.30. The van der Waals surface area contributed by atoms with Gasteiger partial charge in [0.2, 0.25) is 0 Å². The highest BCUT2D eigenvalue weighted by atomic mass is 31.2. The second kappa shape index (κ2) is 72.8.